The second-order valence-electron chi connectivity index (χ2n) is 8.89. The summed E-state index contributed by atoms with van der Waals surface area (Å²) in [6.45, 7) is 6.55. The van der Waals surface area contributed by atoms with Crippen LogP contribution in [0.4, 0.5) is 0 Å². The van der Waals surface area contributed by atoms with Gasteiger partial charge in [0.25, 0.3) is 5.56 Å². The number of fused-ring (bicyclic) bond motifs is 1. The fourth-order valence-electron chi connectivity index (χ4n) is 4.58. The maximum atomic E-state index is 13.7. The zero-order valence-corrected chi connectivity index (χ0v) is 20.2. The summed E-state index contributed by atoms with van der Waals surface area (Å²) in [4.78, 5) is 21.2. The van der Waals surface area contributed by atoms with Crippen molar-refractivity contribution in [2.24, 2.45) is 5.73 Å². The highest BCUT2D eigenvalue weighted by Gasteiger charge is 2.25. The summed E-state index contributed by atoms with van der Waals surface area (Å²) in [6, 6.07) is 24.6. The molecule has 176 valence electrons. The number of aryl methyl sites for hydroxylation is 1. The molecule has 0 saturated carbocycles. The van der Waals surface area contributed by atoms with Crippen LogP contribution in [0.15, 0.2) is 83.8 Å². The molecule has 0 aliphatic carbocycles. The van der Waals surface area contributed by atoms with Crippen molar-refractivity contribution in [2.45, 2.75) is 45.7 Å². The van der Waals surface area contributed by atoms with Gasteiger partial charge in [0, 0.05) is 31.3 Å². The predicted molar refractivity (Wildman–Crippen MR) is 139 cm³/mol. The van der Waals surface area contributed by atoms with Crippen LogP contribution in [0.5, 0.6) is 0 Å². The SMILES string of the molecule is CCC(c1nc2ccccn2c(=O)c1Cc1ccccc1)N(CCCN)Cc1ccc(C)cc1. The molecule has 1 atom stereocenters. The van der Waals surface area contributed by atoms with Gasteiger partial charge in [-0.2, -0.15) is 0 Å². The van der Waals surface area contributed by atoms with E-state index in [-0.39, 0.29) is 11.6 Å². The lowest BCUT2D eigenvalue weighted by Crippen LogP contribution is -2.34. The molecule has 2 aromatic carbocycles. The Labute approximate surface area is 201 Å². The number of nitrogens with zero attached hydrogens (tertiary/aromatic N) is 3. The first-order chi connectivity index (χ1) is 16.6. The molecule has 0 fully saturated rings. The highest BCUT2D eigenvalue weighted by molar-refractivity contribution is 5.42. The van der Waals surface area contributed by atoms with Gasteiger partial charge in [-0.15, -0.1) is 0 Å². The molecule has 0 radical (unpaired) electrons. The van der Waals surface area contributed by atoms with Gasteiger partial charge in [0.15, 0.2) is 0 Å². The largest absolute Gasteiger partial charge is 0.330 e. The Morgan fingerprint density at radius 1 is 0.971 bits per heavy atom. The number of nitrogens with two attached hydrogens (primary N) is 1. The van der Waals surface area contributed by atoms with Crippen molar-refractivity contribution >= 4 is 5.65 Å². The summed E-state index contributed by atoms with van der Waals surface area (Å²) in [5.41, 5.74) is 11.9. The van der Waals surface area contributed by atoms with E-state index in [1.54, 1.807) is 4.40 Å². The van der Waals surface area contributed by atoms with Crippen LogP contribution in [0.2, 0.25) is 0 Å². The molecule has 0 bridgehead atoms. The maximum absolute atomic E-state index is 13.7. The summed E-state index contributed by atoms with van der Waals surface area (Å²) in [7, 11) is 0. The van der Waals surface area contributed by atoms with Crippen molar-refractivity contribution in [1.82, 2.24) is 14.3 Å². The van der Waals surface area contributed by atoms with Gasteiger partial charge in [-0.05, 0) is 49.6 Å². The van der Waals surface area contributed by atoms with E-state index in [9.17, 15) is 4.79 Å². The topological polar surface area (TPSA) is 63.6 Å². The van der Waals surface area contributed by atoms with Gasteiger partial charge in [-0.25, -0.2) is 4.98 Å². The van der Waals surface area contributed by atoms with Crippen LogP contribution in [-0.2, 0) is 13.0 Å². The van der Waals surface area contributed by atoms with Crippen LogP contribution in [0, 0.1) is 6.92 Å². The molecular formula is C29H34N4O. The number of benzene rings is 2. The molecule has 4 rings (SSSR count). The summed E-state index contributed by atoms with van der Waals surface area (Å²) in [6.07, 6.45) is 4.12. The monoisotopic (exact) mass is 454 g/mol. The van der Waals surface area contributed by atoms with Crippen molar-refractivity contribution in [1.29, 1.82) is 0 Å². The summed E-state index contributed by atoms with van der Waals surface area (Å²) in [5, 5.41) is 0. The van der Waals surface area contributed by atoms with Gasteiger partial charge >= 0.3 is 0 Å². The molecule has 0 saturated heterocycles. The van der Waals surface area contributed by atoms with Crippen LogP contribution in [0.1, 0.15) is 53.8 Å². The minimum Gasteiger partial charge on any atom is -0.330 e. The summed E-state index contributed by atoms with van der Waals surface area (Å²) in [5.74, 6) is 0. The van der Waals surface area contributed by atoms with E-state index in [0.717, 1.165) is 42.8 Å². The zero-order chi connectivity index (χ0) is 23.9. The number of rotatable bonds is 10. The van der Waals surface area contributed by atoms with Crippen LogP contribution >= 0.6 is 0 Å². The molecule has 34 heavy (non-hydrogen) atoms. The van der Waals surface area contributed by atoms with Crippen molar-refractivity contribution in [3.63, 3.8) is 0 Å². The van der Waals surface area contributed by atoms with Crippen LogP contribution in [0.25, 0.3) is 5.65 Å². The first-order valence-corrected chi connectivity index (χ1v) is 12.1. The van der Waals surface area contributed by atoms with Crippen molar-refractivity contribution < 1.29 is 0 Å². The Morgan fingerprint density at radius 3 is 2.41 bits per heavy atom. The Balaban J connectivity index is 1.81. The van der Waals surface area contributed by atoms with Gasteiger partial charge < -0.3 is 5.73 Å². The second kappa shape index (κ2) is 11.2. The van der Waals surface area contributed by atoms with Crippen molar-refractivity contribution in [2.75, 3.05) is 13.1 Å². The standard InChI is InChI=1S/C29H34N4O/c1-3-26(32(18-9-17-30)21-24-15-13-22(2)14-16-24)28-25(20-23-10-5-4-6-11-23)29(34)33-19-8-7-12-27(33)31-28/h4-8,10-16,19,26H,3,9,17-18,20-21,30H2,1-2H3. The Bertz CT molecular complexity index is 1270. The number of pyridine rings is 1. The summed E-state index contributed by atoms with van der Waals surface area (Å²) >= 11 is 0. The fourth-order valence-corrected chi connectivity index (χ4v) is 4.58. The summed E-state index contributed by atoms with van der Waals surface area (Å²) < 4.78 is 1.67. The number of hydrogen-bond donors (Lipinski definition) is 1. The van der Waals surface area contributed by atoms with E-state index in [4.69, 9.17) is 10.7 Å². The van der Waals surface area contributed by atoms with Crippen LogP contribution in [0.3, 0.4) is 0 Å². The van der Waals surface area contributed by atoms with E-state index >= 15 is 0 Å². The molecular weight excluding hydrogens is 420 g/mol. The van der Waals surface area contributed by atoms with Gasteiger partial charge in [0.2, 0.25) is 0 Å². The third kappa shape index (κ3) is 5.44. The molecule has 0 aliphatic rings. The van der Waals surface area contributed by atoms with Crippen LogP contribution < -0.4 is 11.3 Å². The smallest absolute Gasteiger partial charge is 0.261 e. The molecule has 5 heteroatoms. The van der Waals surface area contributed by atoms with Crippen LogP contribution in [-0.4, -0.2) is 27.4 Å². The van der Waals surface area contributed by atoms with E-state index < -0.39 is 0 Å². The third-order valence-electron chi connectivity index (χ3n) is 6.38. The molecule has 0 spiro atoms. The highest BCUT2D eigenvalue weighted by Crippen LogP contribution is 2.28. The van der Waals surface area contributed by atoms with E-state index in [1.165, 1.54) is 11.1 Å². The van der Waals surface area contributed by atoms with E-state index in [0.29, 0.717) is 18.6 Å². The number of hydrogen-bond acceptors (Lipinski definition) is 4. The first kappa shape index (κ1) is 23.9. The molecule has 5 nitrogen and oxygen atoms in total. The first-order valence-electron chi connectivity index (χ1n) is 12.1. The molecule has 2 heterocycles. The molecule has 4 aromatic rings. The second-order valence-corrected chi connectivity index (χ2v) is 8.89. The predicted octanol–water partition coefficient (Wildman–Crippen LogP) is 4.90. The fraction of sp³-hybridized carbons (Fsp3) is 0.310. The van der Waals surface area contributed by atoms with Crippen molar-refractivity contribution in [3.05, 3.63) is 117 Å². The molecule has 2 N–H and O–H groups in total. The highest BCUT2D eigenvalue weighted by atomic mass is 16.1. The maximum Gasteiger partial charge on any atom is 0.261 e. The Hall–Kier alpha value is -3.28. The van der Waals surface area contributed by atoms with Gasteiger partial charge in [-0.1, -0.05) is 73.2 Å². The molecule has 0 aliphatic heterocycles. The average molecular weight is 455 g/mol. The lowest BCUT2D eigenvalue weighted by Gasteiger charge is -2.32. The zero-order valence-electron chi connectivity index (χ0n) is 20.2. The lowest BCUT2D eigenvalue weighted by atomic mass is 9.97. The lowest BCUT2D eigenvalue weighted by molar-refractivity contribution is 0.177. The van der Waals surface area contributed by atoms with Gasteiger partial charge in [0.05, 0.1) is 11.7 Å². The third-order valence-corrected chi connectivity index (χ3v) is 6.38. The molecule has 1 unspecified atom stereocenters. The average Bonchev–Trinajstić information content (AvgIpc) is 2.87. The molecule has 2 aromatic heterocycles. The van der Waals surface area contributed by atoms with Gasteiger partial charge in [-0.3, -0.25) is 14.1 Å². The quantitative estimate of drug-likeness (QED) is 0.370. The Kier molecular flexibility index (Phi) is 7.88. The van der Waals surface area contributed by atoms with Crippen molar-refractivity contribution in [3.8, 4) is 0 Å². The van der Waals surface area contributed by atoms with Gasteiger partial charge in [0.1, 0.15) is 5.65 Å². The number of aromatic nitrogens is 2. The Morgan fingerprint density at radius 2 is 1.71 bits per heavy atom. The normalized spacial score (nSPS) is 12.4. The molecule has 0 amide bonds. The minimum atomic E-state index is 0.0111. The minimum absolute atomic E-state index is 0.0111. The van der Waals surface area contributed by atoms with E-state index in [2.05, 4.69) is 55.1 Å². The van der Waals surface area contributed by atoms with E-state index in [1.807, 2.05) is 42.6 Å².